The first-order valence-electron chi connectivity index (χ1n) is 9.64. The molecule has 0 saturated heterocycles. The standard InChI is InChI=1S/C18H20F4N8O2/c19-4-1-5-30-26-10-14(28-30)17(32)24-9-13-11-29-15(27-13)6-12(8-25-29)7-23-16(31)2-3-18(20,21)22/h6,8,10-11H,1-5,7,9H2,(H,23,31)(H,24,32). The van der Waals surface area contributed by atoms with E-state index in [0.29, 0.717) is 16.9 Å². The number of rotatable bonds is 10. The van der Waals surface area contributed by atoms with Gasteiger partial charge >= 0.3 is 6.18 Å². The van der Waals surface area contributed by atoms with Crippen LogP contribution in [0.2, 0.25) is 0 Å². The van der Waals surface area contributed by atoms with Gasteiger partial charge in [0.2, 0.25) is 5.91 Å². The van der Waals surface area contributed by atoms with Crippen molar-refractivity contribution in [2.45, 2.75) is 45.1 Å². The first-order chi connectivity index (χ1) is 15.2. The fourth-order valence-corrected chi connectivity index (χ4v) is 2.66. The third kappa shape index (κ3) is 6.72. The molecule has 3 rings (SSSR count). The molecular formula is C18H20F4N8O2. The molecule has 0 atom stereocenters. The molecule has 2 N–H and O–H groups in total. The van der Waals surface area contributed by atoms with Crippen LogP contribution in [0.25, 0.3) is 5.65 Å². The lowest BCUT2D eigenvalue weighted by Gasteiger charge is -2.07. The number of hydrogen-bond acceptors (Lipinski definition) is 6. The number of carbonyl (C=O) groups excluding carboxylic acids is 2. The highest BCUT2D eigenvalue weighted by molar-refractivity contribution is 5.91. The van der Waals surface area contributed by atoms with Crippen LogP contribution in [0.5, 0.6) is 0 Å². The maximum atomic E-state index is 12.2. The van der Waals surface area contributed by atoms with Gasteiger partial charge in [0.1, 0.15) is 0 Å². The van der Waals surface area contributed by atoms with Gasteiger partial charge in [-0.1, -0.05) is 0 Å². The van der Waals surface area contributed by atoms with E-state index in [9.17, 15) is 27.2 Å². The van der Waals surface area contributed by atoms with Crippen molar-refractivity contribution in [3.8, 4) is 0 Å². The zero-order chi connectivity index (χ0) is 23.1. The molecule has 0 bridgehead atoms. The highest BCUT2D eigenvalue weighted by Gasteiger charge is 2.27. The highest BCUT2D eigenvalue weighted by atomic mass is 19.4. The maximum Gasteiger partial charge on any atom is 0.389 e. The van der Waals surface area contributed by atoms with Crippen LogP contribution in [0.15, 0.2) is 24.7 Å². The molecule has 2 amide bonds. The monoisotopic (exact) mass is 456 g/mol. The van der Waals surface area contributed by atoms with E-state index in [1.54, 1.807) is 12.3 Å². The molecule has 0 aliphatic rings. The predicted molar refractivity (Wildman–Crippen MR) is 102 cm³/mol. The minimum atomic E-state index is -4.38. The number of nitrogens with one attached hydrogen (secondary N) is 2. The summed E-state index contributed by atoms with van der Waals surface area (Å²) in [6.07, 6.45) is -1.62. The van der Waals surface area contributed by atoms with Crippen molar-refractivity contribution in [1.82, 2.24) is 40.2 Å². The molecular weight excluding hydrogens is 436 g/mol. The molecule has 0 spiro atoms. The van der Waals surface area contributed by atoms with Crippen LogP contribution in [0, 0.1) is 0 Å². The molecule has 172 valence electrons. The number of aryl methyl sites for hydroxylation is 1. The molecule has 0 fully saturated rings. The van der Waals surface area contributed by atoms with E-state index in [1.807, 2.05) is 0 Å². The Morgan fingerprint density at radius 2 is 1.91 bits per heavy atom. The van der Waals surface area contributed by atoms with E-state index in [1.165, 1.54) is 21.7 Å². The minimum absolute atomic E-state index is 0.0111. The average Bonchev–Trinajstić information content (AvgIpc) is 3.39. The second-order valence-corrected chi connectivity index (χ2v) is 6.84. The average molecular weight is 456 g/mol. The SMILES string of the molecule is O=C(CCC(F)(F)F)NCc1cnn2cc(CNC(=O)c3cnn(CCCF)n3)nc2c1. The number of imidazole rings is 1. The van der Waals surface area contributed by atoms with Gasteiger partial charge in [-0.05, 0) is 18.1 Å². The first kappa shape index (κ1) is 23.1. The third-order valence-electron chi connectivity index (χ3n) is 4.24. The number of aromatic nitrogens is 6. The van der Waals surface area contributed by atoms with Crippen LogP contribution in [0.3, 0.4) is 0 Å². The van der Waals surface area contributed by atoms with E-state index >= 15 is 0 Å². The predicted octanol–water partition coefficient (Wildman–Crippen LogP) is 1.57. The second-order valence-electron chi connectivity index (χ2n) is 6.84. The molecule has 3 aromatic heterocycles. The van der Waals surface area contributed by atoms with E-state index in [-0.39, 0.29) is 31.7 Å². The van der Waals surface area contributed by atoms with Crippen LogP contribution < -0.4 is 10.6 Å². The minimum Gasteiger partial charge on any atom is -0.352 e. The summed E-state index contributed by atoms with van der Waals surface area (Å²) >= 11 is 0. The summed E-state index contributed by atoms with van der Waals surface area (Å²) in [5, 5.41) is 17.0. The summed E-state index contributed by atoms with van der Waals surface area (Å²) in [6.45, 7) is -0.135. The fraction of sp³-hybridized carbons (Fsp3) is 0.444. The Kier molecular flexibility index (Phi) is 7.33. The Bertz CT molecular complexity index is 1080. The molecule has 10 nitrogen and oxygen atoms in total. The van der Waals surface area contributed by atoms with Crippen LogP contribution in [-0.2, 0) is 24.4 Å². The summed E-state index contributed by atoms with van der Waals surface area (Å²) < 4.78 is 50.1. The van der Waals surface area contributed by atoms with Crippen molar-refractivity contribution in [3.63, 3.8) is 0 Å². The number of amides is 2. The van der Waals surface area contributed by atoms with Crippen LogP contribution in [0.1, 0.15) is 41.0 Å². The van der Waals surface area contributed by atoms with Crippen molar-refractivity contribution in [1.29, 1.82) is 0 Å². The van der Waals surface area contributed by atoms with Crippen molar-refractivity contribution in [2.75, 3.05) is 6.67 Å². The number of carbonyl (C=O) groups is 2. The van der Waals surface area contributed by atoms with Gasteiger partial charge in [-0.2, -0.15) is 28.2 Å². The molecule has 0 aliphatic heterocycles. The molecule has 0 radical (unpaired) electrons. The Morgan fingerprint density at radius 1 is 1.09 bits per heavy atom. The third-order valence-corrected chi connectivity index (χ3v) is 4.24. The van der Waals surface area contributed by atoms with E-state index in [2.05, 4.69) is 30.9 Å². The van der Waals surface area contributed by atoms with Crippen LogP contribution in [-0.4, -0.2) is 54.3 Å². The number of hydrogen-bond donors (Lipinski definition) is 2. The largest absolute Gasteiger partial charge is 0.389 e. The summed E-state index contributed by atoms with van der Waals surface area (Å²) in [5.74, 6) is -1.18. The van der Waals surface area contributed by atoms with Crippen molar-refractivity contribution < 1.29 is 27.2 Å². The summed E-state index contributed by atoms with van der Waals surface area (Å²) in [6, 6.07) is 1.62. The van der Waals surface area contributed by atoms with E-state index in [0.717, 1.165) is 0 Å². The molecule has 0 unspecified atom stereocenters. The number of nitrogens with zero attached hydrogens (tertiary/aromatic N) is 6. The van der Waals surface area contributed by atoms with Gasteiger partial charge in [-0.3, -0.25) is 14.0 Å². The number of alkyl halides is 4. The van der Waals surface area contributed by atoms with Crippen molar-refractivity contribution >= 4 is 17.5 Å². The first-order valence-corrected chi connectivity index (χ1v) is 9.64. The number of fused-ring (bicyclic) bond motifs is 1. The molecule has 0 aliphatic carbocycles. The van der Waals surface area contributed by atoms with Crippen LogP contribution in [0.4, 0.5) is 17.6 Å². The normalized spacial score (nSPS) is 11.6. The zero-order valence-corrected chi connectivity index (χ0v) is 16.8. The van der Waals surface area contributed by atoms with Crippen molar-refractivity contribution in [3.05, 3.63) is 41.6 Å². The van der Waals surface area contributed by atoms with Crippen LogP contribution >= 0.6 is 0 Å². The Hall–Kier alpha value is -3.58. The lowest BCUT2D eigenvalue weighted by atomic mass is 10.2. The Labute approximate surface area is 179 Å². The fourth-order valence-electron chi connectivity index (χ4n) is 2.66. The van der Waals surface area contributed by atoms with Crippen molar-refractivity contribution in [2.24, 2.45) is 0 Å². The lowest BCUT2D eigenvalue weighted by molar-refractivity contribution is -0.144. The quantitative estimate of drug-likeness (QED) is 0.447. The van der Waals surface area contributed by atoms with Gasteiger partial charge in [-0.15, -0.1) is 5.10 Å². The van der Waals surface area contributed by atoms with Gasteiger partial charge in [0, 0.05) is 13.0 Å². The lowest BCUT2D eigenvalue weighted by Crippen LogP contribution is -2.24. The molecule has 32 heavy (non-hydrogen) atoms. The van der Waals surface area contributed by atoms with Gasteiger partial charge in [0.15, 0.2) is 11.3 Å². The smallest absolute Gasteiger partial charge is 0.352 e. The Morgan fingerprint density at radius 3 is 2.66 bits per heavy atom. The summed E-state index contributed by atoms with van der Waals surface area (Å²) in [7, 11) is 0. The topological polar surface area (TPSA) is 119 Å². The molecule has 3 heterocycles. The highest BCUT2D eigenvalue weighted by Crippen LogP contribution is 2.21. The molecule has 0 saturated carbocycles. The summed E-state index contributed by atoms with van der Waals surface area (Å²) in [5.41, 5.74) is 1.59. The number of halogens is 4. The molecule has 14 heteroatoms. The van der Waals surface area contributed by atoms with E-state index < -0.39 is 37.5 Å². The van der Waals surface area contributed by atoms with Gasteiger partial charge in [-0.25, -0.2) is 9.50 Å². The van der Waals surface area contributed by atoms with Gasteiger partial charge in [0.05, 0.1) is 50.5 Å². The molecule has 3 aromatic rings. The molecule has 0 aromatic carbocycles. The van der Waals surface area contributed by atoms with E-state index in [4.69, 9.17) is 0 Å². The zero-order valence-electron chi connectivity index (χ0n) is 16.8. The Balaban J connectivity index is 1.52. The van der Waals surface area contributed by atoms with Gasteiger partial charge in [0.25, 0.3) is 5.91 Å². The van der Waals surface area contributed by atoms with Gasteiger partial charge < -0.3 is 10.6 Å². The summed E-state index contributed by atoms with van der Waals surface area (Å²) in [4.78, 5) is 29.3. The maximum absolute atomic E-state index is 12.2. The second kappa shape index (κ2) is 10.2.